The summed E-state index contributed by atoms with van der Waals surface area (Å²) in [7, 11) is 1.41. The quantitative estimate of drug-likeness (QED) is 0.691. The molecular formula is C17H16N2O2. The Morgan fingerprint density at radius 3 is 2.86 bits per heavy atom. The van der Waals surface area contributed by atoms with Gasteiger partial charge in [-0.1, -0.05) is 6.07 Å². The van der Waals surface area contributed by atoms with Gasteiger partial charge in [-0.2, -0.15) is 0 Å². The summed E-state index contributed by atoms with van der Waals surface area (Å²) in [4.78, 5) is 16.0. The van der Waals surface area contributed by atoms with Crippen molar-refractivity contribution in [2.75, 3.05) is 7.11 Å². The summed E-state index contributed by atoms with van der Waals surface area (Å²) in [6, 6.07) is 7.81. The highest BCUT2D eigenvalue weighted by Crippen LogP contribution is 2.35. The summed E-state index contributed by atoms with van der Waals surface area (Å²) in [5.74, 6) is 0.462. The lowest BCUT2D eigenvalue weighted by atomic mass is 10.1. The Balaban J connectivity index is 2.00. The van der Waals surface area contributed by atoms with Gasteiger partial charge in [-0.05, 0) is 37.0 Å². The molecule has 2 heterocycles. The standard InChI is InChI=1S/C17H16N2O2/c1-21-17(20)12-4-5-13-14-6-7-18-9-16(14)19(15(13)8-12)10-11-2-3-11/h4-9,11H,2-3,10H2,1H3. The molecule has 4 heteroatoms. The smallest absolute Gasteiger partial charge is 0.337 e. The summed E-state index contributed by atoms with van der Waals surface area (Å²) in [6.07, 6.45) is 6.31. The van der Waals surface area contributed by atoms with Crippen LogP contribution in [0.5, 0.6) is 0 Å². The molecule has 0 aliphatic heterocycles. The van der Waals surface area contributed by atoms with Crippen LogP contribution in [0.1, 0.15) is 23.2 Å². The molecule has 0 amide bonds. The number of methoxy groups -OCH3 is 1. The number of rotatable bonds is 3. The predicted octanol–water partition coefficient (Wildman–Crippen LogP) is 3.39. The zero-order chi connectivity index (χ0) is 14.4. The first-order valence-corrected chi connectivity index (χ1v) is 7.22. The Hall–Kier alpha value is -2.36. The van der Waals surface area contributed by atoms with Crippen molar-refractivity contribution in [2.24, 2.45) is 5.92 Å². The van der Waals surface area contributed by atoms with Gasteiger partial charge in [0, 0.05) is 23.5 Å². The van der Waals surface area contributed by atoms with E-state index in [2.05, 4.69) is 9.55 Å². The molecule has 0 bridgehead atoms. The topological polar surface area (TPSA) is 44.1 Å². The number of carbonyl (C=O) groups excluding carboxylic acids is 1. The molecule has 0 radical (unpaired) electrons. The SMILES string of the molecule is COC(=O)c1ccc2c3ccncc3n(CC3CC3)c2c1. The van der Waals surface area contributed by atoms with Crippen molar-refractivity contribution in [1.29, 1.82) is 0 Å². The van der Waals surface area contributed by atoms with Crippen molar-refractivity contribution in [3.8, 4) is 0 Å². The number of ether oxygens (including phenoxy) is 1. The van der Waals surface area contributed by atoms with Gasteiger partial charge in [0.1, 0.15) is 0 Å². The lowest BCUT2D eigenvalue weighted by molar-refractivity contribution is 0.0601. The molecule has 21 heavy (non-hydrogen) atoms. The summed E-state index contributed by atoms with van der Waals surface area (Å²) >= 11 is 0. The third-order valence-electron chi connectivity index (χ3n) is 4.23. The Morgan fingerprint density at radius 2 is 2.10 bits per heavy atom. The largest absolute Gasteiger partial charge is 0.465 e. The van der Waals surface area contributed by atoms with Crippen LogP contribution < -0.4 is 0 Å². The van der Waals surface area contributed by atoms with Gasteiger partial charge in [0.05, 0.1) is 29.9 Å². The van der Waals surface area contributed by atoms with E-state index in [4.69, 9.17) is 4.74 Å². The summed E-state index contributed by atoms with van der Waals surface area (Å²) in [5, 5.41) is 2.36. The monoisotopic (exact) mass is 280 g/mol. The van der Waals surface area contributed by atoms with E-state index in [1.54, 1.807) is 0 Å². The molecule has 0 atom stereocenters. The number of hydrogen-bond acceptors (Lipinski definition) is 3. The molecule has 1 fully saturated rings. The number of nitrogens with zero attached hydrogens (tertiary/aromatic N) is 2. The number of carbonyl (C=O) groups is 1. The summed E-state index contributed by atoms with van der Waals surface area (Å²) in [6.45, 7) is 0.996. The molecule has 3 aromatic rings. The molecule has 1 aliphatic carbocycles. The minimum absolute atomic E-state index is 0.293. The van der Waals surface area contributed by atoms with Crippen molar-refractivity contribution < 1.29 is 9.53 Å². The average molecular weight is 280 g/mol. The first-order chi connectivity index (χ1) is 10.3. The molecule has 4 nitrogen and oxygen atoms in total. The maximum atomic E-state index is 11.8. The number of fused-ring (bicyclic) bond motifs is 3. The van der Waals surface area contributed by atoms with Crippen LogP contribution in [0.25, 0.3) is 21.8 Å². The molecule has 0 saturated heterocycles. The average Bonchev–Trinajstić information content (AvgIpc) is 3.30. The lowest BCUT2D eigenvalue weighted by Crippen LogP contribution is -2.03. The molecule has 1 aliphatic rings. The van der Waals surface area contributed by atoms with Gasteiger partial charge in [-0.3, -0.25) is 4.98 Å². The van der Waals surface area contributed by atoms with E-state index < -0.39 is 0 Å². The van der Waals surface area contributed by atoms with Crippen LogP contribution in [-0.4, -0.2) is 22.6 Å². The summed E-state index contributed by atoms with van der Waals surface area (Å²) in [5.41, 5.74) is 2.83. The second-order valence-corrected chi connectivity index (χ2v) is 5.67. The molecule has 1 saturated carbocycles. The van der Waals surface area contributed by atoms with Crippen molar-refractivity contribution in [3.05, 3.63) is 42.2 Å². The zero-order valence-corrected chi connectivity index (χ0v) is 11.9. The highest BCUT2D eigenvalue weighted by atomic mass is 16.5. The molecule has 4 rings (SSSR count). The Morgan fingerprint density at radius 1 is 1.29 bits per heavy atom. The van der Waals surface area contributed by atoms with Gasteiger partial charge in [0.25, 0.3) is 0 Å². The van der Waals surface area contributed by atoms with Gasteiger partial charge >= 0.3 is 5.97 Å². The lowest BCUT2D eigenvalue weighted by Gasteiger charge is -2.06. The van der Waals surface area contributed by atoms with Crippen molar-refractivity contribution in [1.82, 2.24) is 9.55 Å². The van der Waals surface area contributed by atoms with Crippen molar-refractivity contribution in [3.63, 3.8) is 0 Å². The number of aromatic nitrogens is 2. The second-order valence-electron chi connectivity index (χ2n) is 5.67. The van der Waals surface area contributed by atoms with E-state index in [1.807, 2.05) is 36.7 Å². The fraction of sp³-hybridized carbons (Fsp3) is 0.294. The van der Waals surface area contributed by atoms with Crippen molar-refractivity contribution in [2.45, 2.75) is 19.4 Å². The maximum absolute atomic E-state index is 11.8. The Bertz CT molecular complexity index is 846. The summed E-state index contributed by atoms with van der Waals surface area (Å²) < 4.78 is 7.13. The van der Waals surface area contributed by atoms with Crippen LogP contribution in [0, 0.1) is 5.92 Å². The van der Waals surface area contributed by atoms with Gasteiger partial charge in [-0.25, -0.2) is 4.79 Å². The van der Waals surface area contributed by atoms with Crippen molar-refractivity contribution >= 4 is 27.8 Å². The van der Waals surface area contributed by atoms with E-state index in [-0.39, 0.29) is 5.97 Å². The van der Waals surface area contributed by atoms with Crippen LogP contribution in [0.4, 0.5) is 0 Å². The third-order valence-corrected chi connectivity index (χ3v) is 4.23. The number of benzene rings is 1. The fourth-order valence-corrected chi connectivity index (χ4v) is 2.94. The van der Waals surface area contributed by atoms with E-state index in [9.17, 15) is 4.79 Å². The maximum Gasteiger partial charge on any atom is 0.337 e. The highest BCUT2D eigenvalue weighted by molar-refractivity contribution is 6.09. The Labute approximate surface area is 122 Å². The van der Waals surface area contributed by atoms with Crippen LogP contribution >= 0.6 is 0 Å². The molecule has 0 spiro atoms. The van der Waals surface area contributed by atoms with Gasteiger partial charge < -0.3 is 9.30 Å². The first kappa shape index (κ1) is 12.4. The highest BCUT2D eigenvalue weighted by Gasteiger charge is 2.24. The molecular weight excluding hydrogens is 264 g/mol. The minimum atomic E-state index is -0.293. The normalized spacial score (nSPS) is 14.7. The number of pyridine rings is 1. The minimum Gasteiger partial charge on any atom is -0.465 e. The first-order valence-electron chi connectivity index (χ1n) is 7.22. The van der Waals surface area contributed by atoms with E-state index in [0.29, 0.717) is 5.56 Å². The van der Waals surface area contributed by atoms with Gasteiger partial charge in [-0.15, -0.1) is 0 Å². The number of hydrogen-bond donors (Lipinski definition) is 0. The molecule has 1 aromatic carbocycles. The van der Waals surface area contributed by atoms with Crippen LogP contribution in [-0.2, 0) is 11.3 Å². The van der Waals surface area contributed by atoms with Gasteiger partial charge in [0.15, 0.2) is 0 Å². The predicted molar refractivity (Wildman–Crippen MR) is 81.3 cm³/mol. The van der Waals surface area contributed by atoms with E-state index >= 15 is 0 Å². The zero-order valence-electron chi connectivity index (χ0n) is 11.9. The molecule has 106 valence electrons. The number of esters is 1. The molecule has 0 N–H and O–H groups in total. The molecule has 2 aromatic heterocycles. The van der Waals surface area contributed by atoms with E-state index in [1.165, 1.54) is 30.7 Å². The van der Waals surface area contributed by atoms with Crippen LogP contribution in [0.15, 0.2) is 36.7 Å². The van der Waals surface area contributed by atoms with E-state index in [0.717, 1.165) is 23.5 Å². The van der Waals surface area contributed by atoms with Crippen LogP contribution in [0.3, 0.4) is 0 Å². The second kappa shape index (κ2) is 4.58. The third kappa shape index (κ3) is 1.98. The molecule has 0 unspecified atom stereocenters. The van der Waals surface area contributed by atoms with Crippen LogP contribution in [0.2, 0.25) is 0 Å². The van der Waals surface area contributed by atoms with Gasteiger partial charge in [0.2, 0.25) is 0 Å². The Kier molecular flexibility index (Phi) is 2.70. The fourth-order valence-electron chi connectivity index (χ4n) is 2.94.